The quantitative estimate of drug-likeness (QED) is 0.585. The number of halogens is 1. The van der Waals surface area contributed by atoms with Crippen LogP contribution in [-0.2, 0) is 11.2 Å². The number of hydrogen-bond donors (Lipinski definition) is 1. The molecule has 0 bridgehead atoms. The maximum Gasteiger partial charge on any atom is 0.340 e. The van der Waals surface area contributed by atoms with E-state index in [0.717, 1.165) is 22.8 Å². The van der Waals surface area contributed by atoms with E-state index in [1.165, 1.54) is 6.07 Å². The molecule has 2 aromatic carbocycles. The predicted octanol–water partition coefficient (Wildman–Crippen LogP) is 4.33. The Kier molecular flexibility index (Phi) is 6.16. The summed E-state index contributed by atoms with van der Waals surface area (Å²) >= 11 is 7.83. The first-order chi connectivity index (χ1) is 14.9. The first-order valence-corrected chi connectivity index (χ1v) is 11.4. The standard InChI is InChI=1S/C23H22ClNO5S/c1-13-16-9-18(24)20(26)11-21(16)30-23(28)17(13)10-22(27)25-7-8-31-12-19(25)14-3-5-15(29-2)6-4-14/h3-6,9,11,19,26H,7-8,10,12H2,1-2H3/t19-/m1/s1. The second-order valence-corrected chi connectivity index (χ2v) is 8.98. The number of amides is 1. The Bertz CT molecular complexity index is 1190. The first kappa shape index (κ1) is 21.6. The van der Waals surface area contributed by atoms with E-state index in [-0.39, 0.29) is 34.7 Å². The topological polar surface area (TPSA) is 80.0 Å². The Balaban J connectivity index is 1.65. The molecule has 3 aromatic rings. The number of phenolic OH excluding ortho intramolecular Hbond substituents is 1. The van der Waals surface area contributed by atoms with Crippen LogP contribution in [0.4, 0.5) is 0 Å². The Morgan fingerprint density at radius 2 is 2.06 bits per heavy atom. The minimum absolute atomic E-state index is 0.0556. The molecule has 0 aliphatic carbocycles. The van der Waals surface area contributed by atoms with Crippen molar-refractivity contribution in [2.45, 2.75) is 19.4 Å². The van der Waals surface area contributed by atoms with E-state index in [1.54, 1.807) is 31.9 Å². The third kappa shape index (κ3) is 4.25. The monoisotopic (exact) mass is 459 g/mol. The highest BCUT2D eigenvalue weighted by Gasteiger charge is 2.29. The van der Waals surface area contributed by atoms with Crippen molar-refractivity contribution in [2.24, 2.45) is 0 Å². The zero-order chi connectivity index (χ0) is 22.1. The third-order valence-electron chi connectivity index (χ3n) is 5.63. The van der Waals surface area contributed by atoms with E-state index < -0.39 is 5.63 Å². The van der Waals surface area contributed by atoms with Crippen molar-refractivity contribution in [3.63, 3.8) is 0 Å². The molecule has 162 valence electrons. The lowest BCUT2D eigenvalue weighted by Gasteiger charge is -2.36. The second-order valence-electron chi connectivity index (χ2n) is 7.42. The Morgan fingerprint density at radius 3 is 2.77 bits per heavy atom. The molecule has 4 rings (SSSR count). The average Bonchev–Trinajstić information content (AvgIpc) is 2.78. The van der Waals surface area contributed by atoms with Gasteiger partial charge < -0.3 is 19.2 Å². The van der Waals surface area contributed by atoms with Gasteiger partial charge in [0.05, 0.1) is 30.2 Å². The van der Waals surface area contributed by atoms with Crippen molar-refractivity contribution >= 4 is 40.2 Å². The summed E-state index contributed by atoms with van der Waals surface area (Å²) in [5.41, 5.74) is 1.64. The highest BCUT2D eigenvalue weighted by molar-refractivity contribution is 7.99. The Hall–Kier alpha value is -2.64. The number of nitrogens with zero attached hydrogens (tertiary/aromatic N) is 1. The van der Waals surface area contributed by atoms with Crippen LogP contribution in [0.25, 0.3) is 11.0 Å². The first-order valence-electron chi connectivity index (χ1n) is 9.85. The lowest BCUT2D eigenvalue weighted by molar-refractivity contribution is -0.132. The number of fused-ring (bicyclic) bond motifs is 1. The summed E-state index contributed by atoms with van der Waals surface area (Å²) in [5.74, 6) is 2.12. The molecular weight excluding hydrogens is 438 g/mol. The van der Waals surface area contributed by atoms with E-state index in [4.69, 9.17) is 20.8 Å². The summed E-state index contributed by atoms with van der Waals surface area (Å²) in [6, 6.07) is 10.5. The average molecular weight is 460 g/mol. The van der Waals surface area contributed by atoms with Crippen LogP contribution in [0, 0.1) is 6.92 Å². The van der Waals surface area contributed by atoms with Gasteiger partial charge in [-0.25, -0.2) is 4.79 Å². The number of methoxy groups -OCH3 is 1. The molecule has 0 spiro atoms. The van der Waals surface area contributed by atoms with Crippen LogP contribution in [0.5, 0.6) is 11.5 Å². The second kappa shape index (κ2) is 8.85. The summed E-state index contributed by atoms with van der Waals surface area (Å²) in [7, 11) is 1.62. The lowest BCUT2D eigenvalue weighted by atomic mass is 10.0. The smallest absolute Gasteiger partial charge is 0.340 e. The van der Waals surface area contributed by atoms with Gasteiger partial charge in [-0.3, -0.25) is 4.79 Å². The van der Waals surface area contributed by atoms with Gasteiger partial charge >= 0.3 is 5.63 Å². The number of thioether (sulfide) groups is 1. The number of benzene rings is 2. The molecule has 2 heterocycles. The molecule has 6 nitrogen and oxygen atoms in total. The van der Waals surface area contributed by atoms with E-state index in [9.17, 15) is 14.7 Å². The fourth-order valence-corrected chi connectivity index (χ4v) is 5.11. The number of ether oxygens (including phenoxy) is 1. The molecule has 1 aromatic heterocycles. The minimum atomic E-state index is -0.576. The molecule has 0 radical (unpaired) electrons. The number of rotatable bonds is 4. The molecule has 1 N–H and O–H groups in total. The van der Waals surface area contributed by atoms with Crippen molar-refractivity contribution in [1.29, 1.82) is 0 Å². The maximum absolute atomic E-state index is 13.3. The van der Waals surface area contributed by atoms with Crippen LogP contribution < -0.4 is 10.4 Å². The van der Waals surface area contributed by atoms with Crippen molar-refractivity contribution in [2.75, 3.05) is 25.2 Å². The fraction of sp³-hybridized carbons (Fsp3) is 0.304. The van der Waals surface area contributed by atoms with Crippen LogP contribution in [0.2, 0.25) is 5.02 Å². The molecule has 8 heteroatoms. The molecule has 1 fully saturated rings. The Labute approximate surface area is 188 Å². The SMILES string of the molecule is COc1ccc([C@H]2CSCCN2C(=O)Cc2c(C)c3cc(Cl)c(O)cc3oc2=O)cc1. The highest BCUT2D eigenvalue weighted by atomic mass is 35.5. The van der Waals surface area contributed by atoms with Gasteiger partial charge in [-0.1, -0.05) is 23.7 Å². The molecular formula is C23H22ClNO5S. The highest BCUT2D eigenvalue weighted by Crippen LogP contribution is 2.33. The van der Waals surface area contributed by atoms with Crippen LogP contribution in [0.15, 0.2) is 45.6 Å². The number of hydrogen-bond acceptors (Lipinski definition) is 6. The summed E-state index contributed by atoms with van der Waals surface area (Å²) in [6.07, 6.45) is -0.0556. The number of carbonyl (C=O) groups is 1. The molecule has 1 atom stereocenters. The van der Waals surface area contributed by atoms with Gasteiger partial charge in [-0.15, -0.1) is 0 Å². The number of aryl methyl sites for hydroxylation is 1. The lowest BCUT2D eigenvalue weighted by Crippen LogP contribution is -2.42. The molecule has 1 saturated heterocycles. The third-order valence-corrected chi connectivity index (χ3v) is 6.96. The number of carbonyl (C=O) groups excluding carboxylic acids is 1. The van der Waals surface area contributed by atoms with Gasteiger partial charge in [0.15, 0.2) is 0 Å². The van der Waals surface area contributed by atoms with Crippen LogP contribution in [-0.4, -0.2) is 41.1 Å². The van der Waals surface area contributed by atoms with Crippen LogP contribution in [0.1, 0.15) is 22.7 Å². The van der Waals surface area contributed by atoms with Gasteiger partial charge in [0, 0.05) is 29.5 Å². The van der Waals surface area contributed by atoms with Gasteiger partial charge in [-0.05, 0) is 36.2 Å². The molecule has 0 unspecified atom stereocenters. The largest absolute Gasteiger partial charge is 0.506 e. The van der Waals surface area contributed by atoms with Gasteiger partial charge in [0.1, 0.15) is 17.1 Å². The van der Waals surface area contributed by atoms with Crippen molar-refractivity contribution in [3.05, 3.63) is 68.5 Å². The van der Waals surface area contributed by atoms with E-state index >= 15 is 0 Å². The number of aromatic hydroxyl groups is 1. The summed E-state index contributed by atoms with van der Waals surface area (Å²) in [6.45, 7) is 2.38. The van der Waals surface area contributed by atoms with Crippen LogP contribution >= 0.6 is 23.4 Å². The summed E-state index contributed by atoms with van der Waals surface area (Å²) in [4.78, 5) is 27.7. The maximum atomic E-state index is 13.3. The van der Waals surface area contributed by atoms with E-state index in [0.29, 0.717) is 23.1 Å². The summed E-state index contributed by atoms with van der Waals surface area (Å²) in [5, 5.41) is 10.6. The van der Waals surface area contributed by atoms with Crippen molar-refractivity contribution in [3.8, 4) is 11.5 Å². The minimum Gasteiger partial charge on any atom is -0.506 e. The molecule has 1 aliphatic rings. The predicted molar refractivity (Wildman–Crippen MR) is 122 cm³/mol. The normalized spacial score (nSPS) is 16.5. The summed E-state index contributed by atoms with van der Waals surface area (Å²) < 4.78 is 10.6. The Morgan fingerprint density at radius 1 is 1.32 bits per heavy atom. The van der Waals surface area contributed by atoms with Gasteiger partial charge in [0.25, 0.3) is 0 Å². The zero-order valence-corrected chi connectivity index (χ0v) is 18.8. The molecule has 1 amide bonds. The van der Waals surface area contributed by atoms with Gasteiger partial charge in [-0.2, -0.15) is 11.8 Å². The van der Waals surface area contributed by atoms with E-state index in [2.05, 4.69) is 0 Å². The molecule has 31 heavy (non-hydrogen) atoms. The fourth-order valence-electron chi connectivity index (χ4n) is 3.86. The number of phenols is 1. The van der Waals surface area contributed by atoms with E-state index in [1.807, 2.05) is 29.2 Å². The molecule has 1 aliphatic heterocycles. The van der Waals surface area contributed by atoms with Crippen molar-refractivity contribution < 1.29 is 19.1 Å². The van der Waals surface area contributed by atoms with Gasteiger partial charge in [0.2, 0.25) is 5.91 Å². The van der Waals surface area contributed by atoms with Crippen molar-refractivity contribution in [1.82, 2.24) is 4.90 Å². The van der Waals surface area contributed by atoms with Crippen LogP contribution in [0.3, 0.4) is 0 Å². The zero-order valence-electron chi connectivity index (χ0n) is 17.2. The molecule has 0 saturated carbocycles.